The van der Waals surface area contributed by atoms with Crippen molar-refractivity contribution in [3.8, 4) is 0 Å². The Balaban J connectivity index is 1.62. The van der Waals surface area contributed by atoms with Gasteiger partial charge in [-0.05, 0) is 36.4 Å². The smallest absolute Gasteiger partial charge is 0.323 e. The van der Waals surface area contributed by atoms with E-state index in [1.54, 1.807) is 30.0 Å². The van der Waals surface area contributed by atoms with E-state index in [9.17, 15) is 19.1 Å². The Kier molecular flexibility index (Phi) is 5.88. The largest absolute Gasteiger partial charge is 0.480 e. The first-order valence-electron chi connectivity index (χ1n) is 10.3. The Bertz CT molecular complexity index is 1670. The molecule has 0 spiro atoms. The highest BCUT2D eigenvalue weighted by atomic mass is 32.2. The minimum absolute atomic E-state index is 0.326. The summed E-state index contributed by atoms with van der Waals surface area (Å²) in [5, 5.41) is 11.1. The van der Waals surface area contributed by atoms with E-state index in [2.05, 4.69) is 4.90 Å². The number of benzene rings is 2. The van der Waals surface area contributed by atoms with E-state index in [1.807, 2.05) is 49.0 Å². The minimum atomic E-state index is -1.09. The summed E-state index contributed by atoms with van der Waals surface area (Å²) in [5.74, 6) is -1.42. The first-order chi connectivity index (χ1) is 16.3. The zero-order valence-corrected chi connectivity index (χ0v) is 20.6. The monoisotopic (exact) mass is 512 g/mol. The van der Waals surface area contributed by atoms with E-state index in [1.165, 1.54) is 39.4 Å². The maximum Gasteiger partial charge on any atom is 0.323 e. The van der Waals surface area contributed by atoms with Crippen LogP contribution in [0.25, 0.3) is 22.4 Å². The van der Waals surface area contributed by atoms with E-state index in [0.717, 1.165) is 30.8 Å². The van der Waals surface area contributed by atoms with E-state index in [0.29, 0.717) is 9.20 Å². The van der Waals surface area contributed by atoms with Crippen molar-refractivity contribution in [1.82, 2.24) is 4.57 Å². The summed E-state index contributed by atoms with van der Waals surface area (Å²) in [6.45, 7) is -0.436. The zero-order valence-electron chi connectivity index (χ0n) is 18.2. The van der Waals surface area contributed by atoms with Crippen molar-refractivity contribution in [2.45, 2.75) is 11.4 Å². The van der Waals surface area contributed by atoms with E-state index in [-0.39, 0.29) is 11.4 Å². The summed E-state index contributed by atoms with van der Waals surface area (Å²) in [6, 6.07) is 12.6. The fraction of sp³-hybridized carbons (Fsp3) is 0.125. The highest BCUT2D eigenvalue weighted by molar-refractivity contribution is 8.03. The zero-order chi connectivity index (χ0) is 24.0. The lowest BCUT2D eigenvalue weighted by Gasteiger charge is -2.12. The first kappa shape index (κ1) is 22.6. The van der Waals surface area contributed by atoms with Crippen LogP contribution in [0.4, 0.5) is 10.1 Å². The number of hydrogen-bond acceptors (Lipinski definition) is 6. The number of thiazole rings is 2. The molecule has 0 aliphatic carbocycles. The van der Waals surface area contributed by atoms with Crippen LogP contribution in [-0.4, -0.2) is 22.7 Å². The lowest BCUT2D eigenvalue weighted by atomic mass is 10.3. The number of hydrogen-bond donors (Lipinski definition) is 1. The predicted octanol–water partition coefficient (Wildman–Crippen LogP) is 2.87. The molecule has 0 saturated carbocycles. The second-order valence-corrected chi connectivity index (χ2v) is 10.8. The number of thioether (sulfide) groups is 1. The topological polar surface area (TPSA) is 66.4 Å². The number of carboxylic acid groups (broad SMARTS) is 1. The third-order valence-corrected chi connectivity index (χ3v) is 8.88. The molecule has 1 N–H and O–H groups in total. The van der Waals surface area contributed by atoms with Gasteiger partial charge in [0.1, 0.15) is 28.8 Å². The lowest BCUT2D eigenvalue weighted by Crippen LogP contribution is -2.35. The number of rotatable bonds is 4. The van der Waals surface area contributed by atoms with Gasteiger partial charge in [0.15, 0.2) is 0 Å². The molecule has 3 heterocycles. The van der Waals surface area contributed by atoms with Crippen LogP contribution >= 0.6 is 34.4 Å². The van der Waals surface area contributed by atoms with Crippen molar-refractivity contribution in [3.63, 3.8) is 0 Å². The second-order valence-electron chi connectivity index (χ2n) is 7.65. The molecule has 2 aromatic heterocycles. The van der Waals surface area contributed by atoms with Crippen molar-refractivity contribution in [2.75, 3.05) is 11.9 Å². The maximum atomic E-state index is 13.7. The summed E-state index contributed by atoms with van der Waals surface area (Å²) in [5.41, 5.74) is 1.48. The Hall–Kier alpha value is -3.21. The summed E-state index contributed by atoms with van der Waals surface area (Å²) >= 11 is 4.30. The molecule has 172 valence electrons. The van der Waals surface area contributed by atoms with E-state index >= 15 is 0 Å². The van der Waals surface area contributed by atoms with Crippen LogP contribution in [0.3, 0.4) is 0 Å². The van der Waals surface area contributed by atoms with Crippen LogP contribution < -0.4 is 24.2 Å². The molecule has 0 amide bonds. The molecule has 4 aromatic rings. The van der Waals surface area contributed by atoms with Gasteiger partial charge in [-0.3, -0.25) is 14.2 Å². The average molecular weight is 513 g/mol. The lowest BCUT2D eigenvalue weighted by molar-refractivity contribution is -0.642. The van der Waals surface area contributed by atoms with Gasteiger partial charge < -0.3 is 10.0 Å². The molecule has 0 saturated heterocycles. The number of aromatic nitrogens is 2. The van der Waals surface area contributed by atoms with Gasteiger partial charge in [0.05, 0.1) is 21.3 Å². The van der Waals surface area contributed by atoms with Gasteiger partial charge in [-0.15, -0.1) is 11.3 Å². The van der Waals surface area contributed by atoms with Gasteiger partial charge in [-0.1, -0.05) is 35.2 Å². The van der Waals surface area contributed by atoms with Gasteiger partial charge >= 0.3 is 5.97 Å². The number of aliphatic carboxylic acids is 1. The number of para-hydroxylation sites is 1. The predicted molar refractivity (Wildman–Crippen MR) is 135 cm³/mol. The van der Waals surface area contributed by atoms with Crippen molar-refractivity contribution in [3.05, 3.63) is 83.9 Å². The SMILES string of the molecule is CN1/C(=C/C=c2\s/c(=C\c3sc4ccc(F)cc4[n+]3C)n(CC(=O)O)c2=O)Sc2ccccc21. The first-order valence-corrected chi connectivity index (χ1v) is 12.7. The summed E-state index contributed by atoms with van der Waals surface area (Å²) in [6.07, 6.45) is 5.41. The molecule has 10 heteroatoms. The van der Waals surface area contributed by atoms with Crippen molar-refractivity contribution in [1.29, 1.82) is 0 Å². The molecule has 0 bridgehead atoms. The maximum absolute atomic E-state index is 13.7. The molecule has 6 nitrogen and oxygen atoms in total. The van der Waals surface area contributed by atoms with Gasteiger partial charge in [0.25, 0.3) is 10.6 Å². The number of fused-ring (bicyclic) bond motifs is 2. The Morgan fingerprint density at radius 2 is 1.97 bits per heavy atom. The van der Waals surface area contributed by atoms with Crippen LogP contribution in [0.1, 0.15) is 5.01 Å². The van der Waals surface area contributed by atoms with Gasteiger partial charge in [0.2, 0.25) is 5.52 Å². The van der Waals surface area contributed by atoms with Crippen molar-refractivity contribution in [2.24, 2.45) is 7.05 Å². The number of aryl methyl sites for hydroxylation is 1. The van der Waals surface area contributed by atoms with E-state index < -0.39 is 12.5 Å². The van der Waals surface area contributed by atoms with Gasteiger partial charge in [-0.2, -0.15) is 4.57 Å². The quantitative estimate of drug-likeness (QED) is 0.426. The summed E-state index contributed by atoms with van der Waals surface area (Å²) in [4.78, 5) is 27.7. The molecule has 1 aliphatic heterocycles. The summed E-state index contributed by atoms with van der Waals surface area (Å²) in [7, 11) is 3.79. The van der Waals surface area contributed by atoms with Crippen LogP contribution in [0.2, 0.25) is 0 Å². The molecule has 2 aromatic carbocycles. The third-order valence-electron chi connectivity index (χ3n) is 5.45. The molecule has 0 fully saturated rings. The molecule has 0 radical (unpaired) electrons. The number of allylic oxidation sites excluding steroid dienone is 1. The van der Waals surface area contributed by atoms with E-state index in [4.69, 9.17) is 0 Å². The fourth-order valence-corrected chi connectivity index (χ4v) is 6.91. The van der Waals surface area contributed by atoms with Crippen LogP contribution in [0.5, 0.6) is 0 Å². The molecule has 34 heavy (non-hydrogen) atoms. The average Bonchev–Trinajstić information content (AvgIpc) is 3.40. The number of carboxylic acids is 1. The Morgan fingerprint density at radius 3 is 2.74 bits per heavy atom. The second kappa shape index (κ2) is 8.86. The third kappa shape index (κ3) is 4.08. The number of carbonyl (C=O) groups is 1. The molecular formula is C24H19FN3O3S3+. The fourth-order valence-electron chi connectivity index (χ4n) is 3.73. The molecular weight excluding hydrogens is 493 g/mol. The number of halogens is 1. The van der Waals surface area contributed by atoms with Crippen LogP contribution in [-0.2, 0) is 18.4 Å². The Labute approximate surface area is 205 Å². The highest BCUT2D eigenvalue weighted by Crippen LogP contribution is 2.44. The molecule has 5 rings (SSSR count). The minimum Gasteiger partial charge on any atom is -0.480 e. The molecule has 0 atom stereocenters. The van der Waals surface area contributed by atoms with Crippen molar-refractivity contribution < 1.29 is 18.9 Å². The van der Waals surface area contributed by atoms with Crippen molar-refractivity contribution >= 4 is 68.5 Å². The molecule has 1 aliphatic rings. The van der Waals surface area contributed by atoms with Gasteiger partial charge in [-0.25, -0.2) is 4.39 Å². The molecule has 0 unspecified atom stereocenters. The number of nitrogens with zero attached hydrogens (tertiary/aromatic N) is 3. The standard InChI is InChI=1S/C24H18FN3O3S3/c1-26-15-5-3-4-6-17(15)32-20(26)10-9-19-24(31)28(13-23(29)30)22(34-19)12-21-27(2)16-11-14(25)7-8-18(16)33-21/h3-12H,13H2,1-2H3/p+1/b19-9-,20-10-. The highest BCUT2D eigenvalue weighted by Gasteiger charge is 2.21. The Morgan fingerprint density at radius 1 is 1.18 bits per heavy atom. The normalized spacial score (nSPS) is 15.6. The van der Waals surface area contributed by atoms with Gasteiger partial charge in [0, 0.05) is 18.0 Å². The van der Waals surface area contributed by atoms with Crippen LogP contribution in [0.15, 0.2) is 63.3 Å². The summed E-state index contributed by atoms with van der Waals surface area (Å²) < 4.78 is 18.7. The van der Waals surface area contributed by atoms with Crippen LogP contribution in [0, 0.1) is 5.82 Å². The number of anilines is 1.